The van der Waals surface area contributed by atoms with E-state index in [2.05, 4.69) is 9.97 Å². The van der Waals surface area contributed by atoms with Gasteiger partial charge in [-0.1, -0.05) is 30.3 Å². The van der Waals surface area contributed by atoms with Gasteiger partial charge in [-0.3, -0.25) is 4.79 Å². The Kier molecular flexibility index (Phi) is 5.10. The minimum absolute atomic E-state index is 0.0390. The van der Waals surface area contributed by atoms with Crippen LogP contribution in [0.5, 0.6) is 11.8 Å². The molecule has 0 amide bonds. The van der Waals surface area contributed by atoms with Crippen LogP contribution < -0.4 is 15.1 Å². The molecule has 0 unspecified atom stereocenters. The molecule has 31 heavy (non-hydrogen) atoms. The number of hydrogen-bond acceptors (Lipinski definition) is 6. The highest BCUT2D eigenvalue weighted by Crippen LogP contribution is 2.32. The Labute approximate surface area is 174 Å². The third-order valence-corrected chi connectivity index (χ3v) is 4.48. The summed E-state index contributed by atoms with van der Waals surface area (Å²) in [5.41, 5.74) is -0.0158. The van der Waals surface area contributed by atoms with Crippen molar-refractivity contribution in [2.45, 2.75) is 6.18 Å². The predicted molar refractivity (Wildman–Crippen MR) is 109 cm³/mol. The van der Waals surface area contributed by atoms with Crippen LogP contribution in [0.4, 0.5) is 19.0 Å². The standard InChI is InChI=1S/C22H16F3N3O3/c1-28(2)19-11-18(22(23,24)25)26-21(27-19)31-14-8-9-15-17(10-14)30-12-16(20(15)29)13-6-4-3-5-7-13/h3-12H,1-2H3. The van der Waals surface area contributed by atoms with Gasteiger partial charge in [-0.05, 0) is 17.7 Å². The predicted octanol–water partition coefficient (Wildman–Crippen LogP) is 5.13. The topological polar surface area (TPSA) is 68.5 Å². The summed E-state index contributed by atoms with van der Waals surface area (Å²) < 4.78 is 50.5. The van der Waals surface area contributed by atoms with Gasteiger partial charge in [-0.2, -0.15) is 23.1 Å². The van der Waals surface area contributed by atoms with Gasteiger partial charge in [0, 0.05) is 26.2 Å². The van der Waals surface area contributed by atoms with Crippen molar-refractivity contribution in [2.24, 2.45) is 0 Å². The Balaban J connectivity index is 1.72. The molecule has 2 aromatic heterocycles. The van der Waals surface area contributed by atoms with Gasteiger partial charge in [-0.25, -0.2) is 0 Å². The van der Waals surface area contributed by atoms with Crippen molar-refractivity contribution < 1.29 is 22.3 Å². The van der Waals surface area contributed by atoms with Crippen LogP contribution in [0.1, 0.15) is 5.69 Å². The molecule has 0 fully saturated rings. The molecular formula is C22H16F3N3O3. The molecule has 4 rings (SSSR count). The quantitative estimate of drug-likeness (QED) is 0.450. The van der Waals surface area contributed by atoms with Crippen LogP contribution in [-0.2, 0) is 6.18 Å². The first-order valence-corrected chi connectivity index (χ1v) is 9.15. The number of ether oxygens (including phenoxy) is 1. The molecule has 0 spiro atoms. The molecule has 6 nitrogen and oxygen atoms in total. The number of benzene rings is 2. The van der Waals surface area contributed by atoms with E-state index in [1.54, 1.807) is 26.2 Å². The van der Waals surface area contributed by atoms with E-state index in [1.165, 1.54) is 29.4 Å². The van der Waals surface area contributed by atoms with E-state index in [1.807, 2.05) is 18.2 Å². The fraction of sp³-hybridized carbons (Fsp3) is 0.136. The first kappa shape index (κ1) is 20.4. The number of anilines is 1. The Morgan fingerprint density at radius 2 is 1.74 bits per heavy atom. The Morgan fingerprint density at radius 3 is 2.42 bits per heavy atom. The lowest BCUT2D eigenvalue weighted by Gasteiger charge is -2.15. The number of halogens is 3. The van der Waals surface area contributed by atoms with Crippen molar-refractivity contribution in [1.29, 1.82) is 0 Å². The summed E-state index contributed by atoms with van der Waals surface area (Å²) in [4.78, 5) is 21.7. The molecule has 0 saturated heterocycles. The molecule has 0 bridgehead atoms. The maximum absolute atomic E-state index is 13.2. The zero-order valence-electron chi connectivity index (χ0n) is 16.5. The number of rotatable bonds is 4. The smallest absolute Gasteiger partial charge is 0.433 e. The number of aromatic nitrogens is 2. The van der Waals surface area contributed by atoms with Gasteiger partial charge in [0.2, 0.25) is 0 Å². The van der Waals surface area contributed by atoms with Crippen molar-refractivity contribution in [1.82, 2.24) is 9.97 Å². The summed E-state index contributed by atoms with van der Waals surface area (Å²) >= 11 is 0. The monoisotopic (exact) mass is 427 g/mol. The third-order valence-electron chi connectivity index (χ3n) is 4.48. The molecule has 2 aromatic carbocycles. The first-order valence-electron chi connectivity index (χ1n) is 9.15. The average Bonchev–Trinajstić information content (AvgIpc) is 2.74. The van der Waals surface area contributed by atoms with Gasteiger partial charge < -0.3 is 14.1 Å². The molecule has 0 atom stereocenters. The molecule has 0 radical (unpaired) electrons. The second kappa shape index (κ2) is 7.75. The van der Waals surface area contributed by atoms with Crippen LogP contribution in [0.15, 0.2) is 70.1 Å². The molecule has 0 aliphatic heterocycles. The second-order valence-electron chi connectivity index (χ2n) is 6.89. The highest BCUT2D eigenvalue weighted by Gasteiger charge is 2.34. The third kappa shape index (κ3) is 4.20. The lowest BCUT2D eigenvalue weighted by atomic mass is 10.1. The van der Waals surface area contributed by atoms with E-state index in [9.17, 15) is 18.0 Å². The summed E-state index contributed by atoms with van der Waals surface area (Å²) in [6.45, 7) is 0. The zero-order chi connectivity index (χ0) is 22.2. The molecule has 0 saturated carbocycles. The zero-order valence-corrected chi connectivity index (χ0v) is 16.5. The molecular weight excluding hydrogens is 411 g/mol. The van der Waals surface area contributed by atoms with Crippen LogP contribution in [-0.4, -0.2) is 24.1 Å². The minimum atomic E-state index is -4.66. The minimum Gasteiger partial charge on any atom is -0.463 e. The molecule has 0 aliphatic rings. The highest BCUT2D eigenvalue weighted by molar-refractivity contribution is 5.82. The van der Waals surface area contributed by atoms with Gasteiger partial charge in [-0.15, -0.1) is 0 Å². The van der Waals surface area contributed by atoms with Crippen LogP contribution in [0.3, 0.4) is 0 Å². The largest absolute Gasteiger partial charge is 0.463 e. The lowest BCUT2D eigenvalue weighted by Crippen LogP contribution is -2.16. The molecule has 0 aliphatic carbocycles. The summed E-state index contributed by atoms with van der Waals surface area (Å²) in [5.74, 6) is 0.171. The molecule has 0 N–H and O–H groups in total. The summed E-state index contributed by atoms with van der Waals surface area (Å²) in [6, 6.07) is 13.8. The van der Waals surface area contributed by atoms with Crippen LogP contribution in [0, 0.1) is 0 Å². The van der Waals surface area contributed by atoms with E-state index >= 15 is 0 Å². The van der Waals surface area contributed by atoms with Crippen LogP contribution in [0.2, 0.25) is 0 Å². The molecule has 4 aromatic rings. The van der Waals surface area contributed by atoms with Crippen LogP contribution in [0.25, 0.3) is 22.1 Å². The number of hydrogen-bond donors (Lipinski definition) is 0. The van der Waals surface area contributed by atoms with E-state index in [-0.39, 0.29) is 22.6 Å². The van der Waals surface area contributed by atoms with Gasteiger partial charge in [0.1, 0.15) is 23.4 Å². The lowest BCUT2D eigenvalue weighted by molar-refractivity contribution is -0.141. The van der Waals surface area contributed by atoms with Gasteiger partial charge in [0.25, 0.3) is 0 Å². The average molecular weight is 427 g/mol. The molecule has 158 valence electrons. The summed E-state index contributed by atoms with van der Waals surface area (Å²) in [5, 5.41) is 0.313. The van der Waals surface area contributed by atoms with Crippen molar-refractivity contribution in [3.05, 3.63) is 76.8 Å². The maximum Gasteiger partial charge on any atom is 0.433 e. The van der Waals surface area contributed by atoms with E-state index < -0.39 is 17.9 Å². The fourth-order valence-electron chi connectivity index (χ4n) is 2.93. The van der Waals surface area contributed by atoms with Crippen molar-refractivity contribution >= 4 is 16.8 Å². The Bertz CT molecular complexity index is 1300. The number of nitrogens with zero attached hydrogens (tertiary/aromatic N) is 3. The molecule has 2 heterocycles. The van der Waals surface area contributed by atoms with Crippen molar-refractivity contribution in [3.8, 4) is 22.9 Å². The van der Waals surface area contributed by atoms with Gasteiger partial charge >= 0.3 is 12.2 Å². The SMILES string of the molecule is CN(C)c1cc(C(F)(F)F)nc(Oc2ccc3c(=O)c(-c4ccccc4)coc3c2)n1. The second-order valence-corrected chi connectivity index (χ2v) is 6.89. The fourth-order valence-corrected chi connectivity index (χ4v) is 2.93. The van der Waals surface area contributed by atoms with E-state index in [0.717, 1.165) is 6.07 Å². The Morgan fingerprint density at radius 1 is 1.00 bits per heavy atom. The normalized spacial score (nSPS) is 11.5. The Hall–Kier alpha value is -3.88. The first-order chi connectivity index (χ1) is 14.7. The van der Waals surface area contributed by atoms with Gasteiger partial charge in [0.05, 0.1) is 10.9 Å². The number of alkyl halides is 3. The van der Waals surface area contributed by atoms with Crippen LogP contribution >= 0.6 is 0 Å². The summed E-state index contributed by atoms with van der Waals surface area (Å²) in [7, 11) is 3.11. The maximum atomic E-state index is 13.2. The van der Waals surface area contributed by atoms with E-state index in [0.29, 0.717) is 16.5 Å². The molecule has 9 heteroatoms. The highest BCUT2D eigenvalue weighted by atomic mass is 19.4. The van der Waals surface area contributed by atoms with E-state index in [4.69, 9.17) is 9.15 Å². The summed E-state index contributed by atoms with van der Waals surface area (Å²) in [6.07, 6.45) is -3.31. The van der Waals surface area contributed by atoms with Crippen molar-refractivity contribution in [3.63, 3.8) is 0 Å². The van der Waals surface area contributed by atoms with Crippen molar-refractivity contribution in [2.75, 3.05) is 19.0 Å². The van der Waals surface area contributed by atoms with Gasteiger partial charge in [0.15, 0.2) is 11.1 Å². The number of fused-ring (bicyclic) bond motifs is 1.